The fourth-order valence-electron chi connectivity index (χ4n) is 2.52. The van der Waals surface area contributed by atoms with Crippen molar-refractivity contribution < 1.29 is 5.11 Å². The van der Waals surface area contributed by atoms with Crippen LogP contribution in [0.3, 0.4) is 0 Å². The third-order valence-corrected chi connectivity index (χ3v) is 4.12. The van der Waals surface area contributed by atoms with Crippen LogP contribution in [0, 0.1) is 11.8 Å². The van der Waals surface area contributed by atoms with E-state index in [1.807, 2.05) is 12.1 Å². The van der Waals surface area contributed by atoms with Gasteiger partial charge < -0.3 is 10.4 Å². The first-order valence-corrected chi connectivity index (χ1v) is 6.82. The van der Waals surface area contributed by atoms with Crippen LogP contribution < -0.4 is 5.32 Å². The molecule has 0 atom stereocenters. The van der Waals surface area contributed by atoms with Gasteiger partial charge in [-0.25, -0.2) is 0 Å². The Morgan fingerprint density at radius 2 is 1.88 bits per heavy atom. The zero-order valence-corrected chi connectivity index (χ0v) is 10.6. The maximum atomic E-state index is 9.37. The molecule has 0 aromatic heterocycles. The standard InChI is InChI=1S/C14H18ClNO/c15-12-7-9(1-6-13(12)17)8-16-14(10-2-3-10)11-4-5-11/h1,6-7,10-11,14,16-17H,2-5,8H2. The second kappa shape index (κ2) is 4.51. The van der Waals surface area contributed by atoms with Crippen LogP contribution in [0.15, 0.2) is 18.2 Å². The second-order valence-corrected chi connectivity index (χ2v) is 5.77. The summed E-state index contributed by atoms with van der Waals surface area (Å²) in [7, 11) is 0. The lowest BCUT2D eigenvalue weighted by Gasteiger charge is -2.17. The summed E-state index contributed by atoms with van der Waals surface area (Å²) in [5.41, 5.74) is 1.15. The van der Waals surface area contributed by atoms with Crippen LogP contribution >= 0.6 is 11.6 Å². The summed E-state index contributed by atoms with van der Waals surface area (Å²) in [6.45, 7) is 0.859. The van der Waals surface area contributed by atoms with Gasteiger partial charge in [-0.1, -0.05) is 17.7 Å². The summed E-state index contributed by atoms with van der Waals surface area (Å²) in [6, 6.07) is 6.16. The van der Waals surface area contributed by atoms with Crippen molar-refractivity contribution in [3.63, 3.8) is 0 Å². The van der Waals surface area contributed by atoms with Gasteiger partial charge in [0.1, 0.15) is 5.75 Å². The first-order valence-electron chi connectivity index (χ1n) is 6.45. The summed E-state index contributed by atoms with van der Waals surface area (Å²) in [6.07, 6.45) is 5.57. The molecular weight excluding hydrogens is 234 g/mol. The molecule has 92 valence electrons. The Bertz CT molecular complexity index is 401. The highest BCUT2D eigenvalue weighted by Crippen LogP contribution is 2.44. The minimum Gasteiger partial charge on any atom is -0.506 e. The zero-order chi connectivity index (χ0) is 11.8. The number of phenols is 1. The van der Waals surface area contributed by atoms with Gasteiger partial charge in [-0.15, -0.1) is 0 Å². The van der Waals surface area contributed by atoms with Crippen LogP contribution in [0.1, 0.15) is 31.2 Å². The number of halogens is 1. The van der Waals surface area contributed by atoms with Gasteiger partial charge in [0.2, 0.25) is 0 Å². The molecule has 0 bridgehead atoms. The highest BCUT2D eigenvalue weighted by molar-refractivity contribution is 6.32. The smallest absolute Gasteiger partial charge is 0.134 e. The summed E-state index contributed by atoms with van der Waals surface area (Å²) in [4.78, 5) is 0. The lowest BCUT2D eigenvalue weighted by Crippen LogP contribution is -2.32. The van der Waals surface area contributed by atoms with Crippen LogP contribution in [0.5, 0.6) is 5.75 Å². The summed E-state index contributed by atoms with van der Waals surface area (Å²) < 4.78 is 0. The molecule has 2 fully saturated rings. The van der Waals surface area contributed by atoms with Crippen LogP contribution in [0.4, 0.5) is 0 Å². The first kappa shape index (κ1) is 11.4. The molecule has 0 amide bonds. The van der Waals surface area contributed by atoms with Gasteiger partial charge >= 0.3 is 0 Å². The van der Waals surface area contributed by atoms with Crippen LogP contribution in [0.2, 0.25) is 5.02 Å². The first-order chi connectivity index (χ1) is 8.24. The van der Waals surface area contributed by atoms with Crippen molar-refractivity contribution in [2.45, 2.75) is 38.3 Å². The maximum absolute atomic E-state index is 9.37. The topological polar surface area (TPSA) is 32.3 Å². The van der Waals surface area contributed by atoms with E-state index in [1.54, 1.807) is 6.07 Å². The minimum atomic E-state index is 0.163. The van der Waals surface area contributed by atoms with Crippen molar-refractivity contribution in [1.29, 1.82) is 0 Å². The predicted molar refractivity (Wildman–Crippen MR) is 69.2 cm³/mol. The molecule has 2 aliphatic carbocycles. The minimum absolute atomic E-state index is 0.163. The van der Waals surface area contributed by atoms with E-state index in [0.717, 1.165) is 23.9 Å². The summed E-state index contributed by atoms with van der Waals surface area (Å²) in [5.74, 6) is 1.99. The average Bonchev–Trinajstić information content (AvgIpc) is 3.14. The largest absolute Gasteiger partial charge is 0.506 e. The van der Waals surface area contributed by atoms with Crippen molar-refractivity contribution in [2.75, 3.05) is 0 Å². The van der Waals surface area contributed by atoms with E-state index < -0.39 is 0 Å². The highest BCUT2D eigenvalue weighted by atomic mass is 35.5. The quantitative estimate of drug-likeness (QED) is 0.842. The molecule has 2 aliphatic rings. The highest BCUT2D eigenvalue weighted by Gasteiger charge is 2.40. The summed E-state index contributed by atoms with van der Waals surface area (Å²) in [5, 5.41) is 13.5. The monoisotopic (exact) mass is 251 g/mol. The van der Waals surface area contributed by atoms with Crippen molar-refractivity contribution in [3.8, 4) is 5.75 Å². The number of phenolic OH excluding ortho intramolecular Hbond substituents is 1. The molecule has 2 saturated carbocycles. The van der Waals surface area contributed by atoms with Gasteiger partial charge in [0.05, 0.1) is 5.02 Å². The Labute approximate surface area is 107 Å². The Morgan fingerprint density at radius 1 is 1.24 bits per heavy atom. The normalized spacial score (nSPS) is 19.9. The van der Waals surface area contributed by atoms with E-state index in [0.29, 0.717) is 11.1 Å². The molecule has 0 unspecified atom stereocenters. The van der Waals surface area contributed by atoms with Gasteiger partial charge in [-0.2, -0.15) is 0 Å². The molecule has 2 nitrogen and oxygen atoms in total. The van der Waals surface area contributed by atoms with E-state index in [2.05, 4.69) is 5.32 Å². The fourth-order valence-corrected chi connectivity index (χ4v) is 2.73. The molecule has 1 aromatic carbocycles. The molecule has 0 saturated heterocycles. The molecule has 3 heteroatoms. The second-order valence-electron chi connectivity index (χ2n) is 5.37. The third-order valence-electron chi connectivity index (χ3n) is 3.81. The Hall–Kier alpha value is -0.730. The number of rotatable bonds is 5. The van der Waals surface area contributed by atoms with Gasteiger partial charge in [0.25, 0.3) is 0 Å². The van der Waals surface area contributed by atoms with E-state index >= 15 is 0 Å². The van der Waals surface area contributed by atoms with E-state index in [4.69, 9.17) is 11.6 Å². The lowest BCUT2D eigenvalue weighted by molar-refractivity contribution is 0.415. The molecule has 0 spiro atoms. The van der Waals surface area contributed by atoms with Crippen molar-refractivity contribution >= 4 is 11.6 Å². The van der Waals surface area contributed by atoms with E-state index in [9.17, 15) is 5.11 Å². The van der Waals surface area contributed by atoms with Crippen molar-refractivity contribution in [1.82, 2.24) is 5.32 Å². The average molecular weight is 252 g/mol. The van der Waals surface area contributed by atoms with Crippen LogP contribution in [-0.2, 0) is 6.54 Å². The Balaban J connectivity index is 1.60. The number of hydrogen-bond acceptors (Lipinski definition) is 2. The Kier molecular flexibility index (Phi) is 3.01. The molecule has 3 rings (SSSR count). The van der Waals surface area contributed by atoms with Gasteiger partial charge in [-0.3, -0.25) is 0 Å². The third kappa shape index (κ3) is 2.75. The van der Waals surface area contributed by atoms with Crippen LogP contribution in [0.25, 0.3) is 0 Å². The Morgan fingerprint density at radius 3 is 2.41 bits per heavy atom. The predicted octanol–water partition coefficient (Wildman–Crippen LogP) is 3.32. The molecule has 2 N–H and O–H groups in total. The molecule has 0 heterocycles. The van der Waals surface area contributed by atoms with E-state index in [-0.39, 0.29) is 5.75 Å². The molecular formula is C14H18ClNO. The number of benzene rings is 1. The zero-order valence-electron chi connectivity index (χ0n) is 9.82. The number of aromatic hydroxyl groups is 1. The summed E-state index contributed by atoms with van der Waals surface area (Å²) >= 11 is 5.90. The molecule has 17 heavy (non-hydrogen) atoms. The van der Waals surface area contributed by atoms with Crippen molar-refractivity contribution in [3.05, 3.63) is 28.8 Å². The van der Waals surface area contributed by atoms with E-state index in [1.165, 1.54) is 25.7 Å². The molecule has 0 aliphatic heterocycles. The number of nitrogens with one attached hydrogen (secondary N) is 1. The fraction of sp³-hybridized carbons (Fsp3) is 0.571. The molecule has 1 aromatic rings. The van der Waals surface area contributed by atoms with Crippen molar-refractivity contribution in [2.24, 2.45) is 11.8 Å². The maximum Gasteiger partial charge on any atom is 0.134 e. The SMILES string of the molecule is Oc1ccc(CNC(C2CC2)C2CC2)cc1Cl. The molecule has 0 radical (unpaired) electrons. The van der Waals surface area contributed by atoms with Gasteiger partial charge in [0, 0.05) is 12.6 Å². The van der Waals surface area contributed by atoms with Gasteiger partial charge in [0.15, 0.2) is 0 Å². The van der Waals surface area contributed by atoms with Crippen LogP contribution in [-0.4, -0.2) is 11.1 Å². The number of hydrogen-bond donors (Lipinski definition) is 2. The lowest BCUT2D eigenvalue weighted by atomic mass is 10.1. The van der Waals surface area contributed by atoms with Gasteiger partial charge in [-0.05, 0) is 55.2 Å².